The molecule has 5 heteroatoms. The molecule has 19 heavy (non-hydrogen) atoms. The maximum Gasteiger partial charge on any atom is 0.318 e. The molecule has 1 aliphatic heterocycles. The number of hydrogen-bond acceptors (Lipinski definition) is 3. The van der Waals surface area contributed by atoms with Crippen molar-refractivity contribution in [1.29, 1.82) is 0 Å². The smallest absolute Gasteiger partial charge is 0.318 e. The molecule has 5 nitrogen and oxygen atoms in total. The van der Waals surface area contributed by atoms with Crippen LogP contribution in [0.4, 0.5) is 4.79 Å². The Morgan fingerprint density at radius 1 is 1.53 bits per heavy atom. The summed E-state index contributed by atoms with van der Waals surface area (Å²) in [6.07, 6.45) is 4.98. The van der Waals surface area contributed by atoms with Gasteiger partial charge in [-0.15, -0.1) is 0 Å². The fourth-order valence-corrected chi connectivity index (χ4v) is 2.78. The number of ether oxygens (including phenoxy) is 1. The topological polar surface area (TPSA) is 54.7 Å². The fraction of sp³-hybridized carbons (Fsp3) is 0.643. The Hall–Kier alpha value is -1.49. The molecule has 1 saturated carbocycles. The lowest BCUT2D eigenvalue weighted by atomic mass is 9.79. The SMILES string of the molecule is CC(NC(=O)N1CCOC2(CCC2)C1)c1ccco1. The van der Waals surface area contributed by atoms with Gasteiger partial charge in [-0.05, 0) is 38.3 Å². The molecule has 2 fully saturated rings. The van der Waals surface area contributed by atoms with E-state index in [1.54, 1.807) is 6.26 Å². The van der Waals surface area contributed by atoms with E-state index in [9.17, 15) is 4.79 Å². The van der Waals surface area contributed by atoms with E-state index < -0.39 is 0 Å². The molecule has 1 N–H and O–H groups in total. The fourth-order valence-electron chi connectivity index (χ4n) is 2.78. The van der Waals surface area contributed by atoms with Crippen LogP contribution in [0.15, 0.2) is 22.8 Å². The van der Waals surface area contributed by atoms with Crippen molar-refractivity contribution >= 4 is 6.03 Å². The van der Waals surface area contributed by atoms with Gasteiger partial charge in [-0.3, -0.25) is 0 Å². The van der Waals surface area contributed by atoms with Crippen molar-refractivity contribution in [2.24, 2.45) is 0 Å². The molecule has 1 spiro atoms. The maximum atomic E-state index is 12.2. The van der Waals surface area contributed by atoms with Crippen molar-refractivity contribution in [3.05, 3.63) is 24.2 Å². The largest absolute Gasteiger partial charge is 0.467 e. The highest BCUT2D eigenvalue weighted by Gasteiger charge is 2.43. The van der Waals surface area contributed by atoms with Gasteiger partial charge in [-0.1, -0.05) is 0 Å². The van der Waals surface area contributed by atoms with Crippen LogP contribution in [0.2, 0.25) is 0 Å². The standard InChI is InChI=1S/C14H20N2O3/c1-11(12-4-2-8-18-12)15-13(17)16-7-9-19-14(10-16)5-3-6-14/h2,4,8,11H,3,5-7,9-10H2,1H3,(H,15,17). The minimum absolute atomic E-state index is 0.0292. The van der Waals surface area contributed by atoms with Crippen LogP contribution in [-0.4, -0.2) is 36.2 Å². The van der Waals surface area contributed by atoms with Crippen LogP contribution in [0.1, 0.15) is 38.0 Å². The van der Waals surface area contributed by atoms with E-state index in [0.29, 0.717) is 19.7 Å². The molecule has 2 aliphatic rings. The van der Waals surface area contributed by atoms with Gasteiger partial charge in [0.05, 0.1) is 31.1 Å². The van der Waals surface area contributed by atoms with Gasteiger partial charge in [0.15, 0.2) is 0 Å². The summed E-state index contributed by atoms with van der Waals surface area (Å²) in [6.45, 7) is 3.95. The highest BCUT2D eigenvalue weighted by atomic mass is 16.5. The number of rotatable bonds is 2. The summed E-state index contributed by atoms with van der Waals surface area (Å²) in [6, 6.07) is 3.56. The molecule has 0 radical (unpaired) electrons. The third-order valence-electron chi connectivity index (χ3n) is 4.11. The summed E-state index contributed by atoms with van der Waals surface area (Å²) in [5.41, 5.74) is -0.0521. The van der Waals surface area contributed by atoms with Gasteiger partial charge in [0.1, 0.15) is 5.76 Å². The zero-order valence-corrected chi connectivity index (χ0v) is 11.2. The third-order valence-corrected chi connectivity index (χ3v) is 4.11. The molecule has 1 atom stereocenters. The first-order valence-corrected chi connectivity index (χ1v) is 6.91. The van der Waals surface area contributed by atoms with Crippen LogP contribution in [0.5, 0.6) is 0 Å². The molecule has 1 aromatic rings. The second-order valence-electron chi connectivity index (χ2n) is 5.49. The number of carbonyl (C=O) groups is 1. The van der Waals surface area contributed by atoms with Gasteiger partial charge in [0.25, 0.3) is 0 Å². The number of amides is 2. The van der Waals surface area contributed by atoms with Crippen molar-refractivity contribution < 1.29 is 13.9 Å². The first-order chi connectivity index (χ1) is 9.19. The lowest BCUT2D eigenvalue weighted by Gasteiger charge is -2.48. The monoisotopic (exact) mass is 264 g/mol. The number of morpholine rings is 1. The van der Waals surface area contributed by atoms with Gasteiger partial charge < -0.3 is 19.4 Å². The van der Waals surface area contributed by atoms with Crippen LogP contribution in [0.3, 0.4) is 0 Å². The molecule has 3 rings (SSSR count). The van der Waals surface area contributed by atoms with E-state index in [-0.39, 0.29) is 17.7 Å². The van der Waals surface area contributed by atoms with Crippen molar-refractivity contribution in [1.82, 2.24) is 10.2 Å². The average molecular weight is 264 g/mol. The highest BCUT2D eigenvalue weighted by molar-refractivity contribution is 5.74. The minimum atomic E-state index is -0.109. The Morgan fingerprint density at radius 2 is 2.37 bits per heavy atom. The minimum Gasteiger partial charge on any atom is -0.467 e. The molecular formula is C14H20N2O3. The molecule has 1 aromatic heterocycles. The normalized spacial score (nSPS) is 22.9. The zero-order chi connectivity index (χ0) is 13.3. The molecule has 0 aromatic carbocycles. The Bertz CT molecular complexity index is 440. The number of nitrogens with zero attached hydrogens (tertiary/aromatic N) is 1. The Morgan fingerprint density at radius 3 is 3.00 bits per heavy atom. The summed E-state index contributed by atoms with van der Waals surface area (Å²) in [7, 11) is 0. The molecule has 104 valence electrons. The van der Waals surface area contributed by atoms with E-state index in [1.807, 2.05) is 24.0 Å². The second-order valence-corrected chi connectivity index (χ2v) is 5.49. The van der Waals surface area contributed by atoms with Crippen molar-refractivity contribution in [3.63, 3.8) is 0 Å². The Labute approximate surface area is 112 Å². The molecule has 1 unspecified atom stereocenters. The van der Waals surface area contributed by atoms with Crippen molar-refractivity contribution in [2.75, 3.05) is 19.7 Å². The van der Waals surface area contributed by atoms with Crippen LogP contribution < -0.4 is 5.32 Å². The zero-order valence-electron chi connectivity index (χ0n) is 11.2. The average Bonchev–Trinajstić information content (AvgIpc) is 2.91. The Balaban J connectivity index is 1.58. The third kappa shape index (κ3) is 2.47. The predicted octanol–water partition coefficient (Wildman–Crippen LogP) is 2.31. The van der Waals surface area contributed by atoms with E-state index in [1.165, 1.54) is 6.42 Å². The lowest BCUT2D eigenvalue weighted by molar-refractivity contribution is -0.141. The lowest BCUT2D eigenvalue weighted by Crippen LogP contribution is -2.58. The van der Waals surface area contributed by atoms with Crippen molar-refractivity contribution in [3.8, 4) is 0 Å². The van der Waals surface area contributed by atoms with Gasteiger partial charge in [0.2, 0.25) is 0 Å². The quantitative estimate of drug-likeness (QED) is 0.891. The van der Waals surface area contributed by atoms with Gasteiger partial charge in [-0.25, -0.2) is 4.79 Å². The van der Waals surface area contributed by atoms with Crippen LogP contribution in [-0.2, 0) is 4.74 Å². The molecule has 1 aliphatic carbocycles. The summed E-state index contributed by atoms with van der Waals surface area (Å²) >= 11 is 0. The number of urea groups is 1. The van der Waals surface area contributed by atoms with Crippen molar-refractivity contribution in [2.45, 2.75) is 37.8 Å². The first kappa shape index (κ1) is 12.5. The van der Waals surface area contributed by atoms with Crippen LogP contribution in [0, 0.1) is 0 Å². The number of furan rings is 1. The Kier molecular flexibility index (Phi) is 3.22. The number of nitrogens with one attached hydrogen (secondary N) is 1. The molecule has 1 saturated heterocycles. The molecule has 2 heterocycles. The van der Waals surface area contributed by atoms with E-state index in [2.05, 4.69) is 5.32 Å². The van der Waals surface area contributed by atoms with Crippen LogP contribution in [0.25, 0.3) is 0 Å². The second kappa shape index (κ2) is 4.89. The summed E-state index contributed by atoms with van der Waals surface area (Å²) in [4.78, 5) is 14.1. The van der Waals surface area contributed by atoms with Gasteiger partial charge >= 0.3 is 6.03 Å². The first-order valence-electron chi connectivity index (χ1n) is 6.91. The van der Waals surface area contributed by atoms with Gasteiger partial charge in [0, 0.05) is 6.54 Å². The number of carbonyl (C=O) groups excluding carboxylic acids is 1. The summed E-state index contributed by atoms with van der Waals surface area (Å²) < 4.78 is 11.1. The van der Waals surface area contributed by atoms with E-state index in [0.717, 1.165) is 18.6 Å². The molecular weight excluding hydrogens is 244 g/mol. The van der Waals surface area contributed by atoms with Crippen LogP contribution >= 0.6 is 0 Å². The summed E-state index contributed by atoms with van der Waals surface area (Å²) in [5.74, 6) is 0.778. The molecule has 0 bridgehead atoms. The predicted molar refractivity (Wildman–Crippen MR) is 69.8 cm³/mol. The molecule has 2 amide bonds. The maximum absolute atomic E-state index is 12.2. The van der Waals surface area contributed by atoms with Gasteiger partial charge in [-0.2, -0.15) is 0 Å². The number of hydrogen-bond donors (Lipinski definition) is 1. The highest BCUT2D eigenvalue weighted by Crippen LogP contribution is 2.38. The summed E-state index contributed by atoms with van der Waals surface area (Å²) in [5, 5.41) is 2.98. The van der Waals surface area contributed by atoms with E-state index >= 15 is 0 Å². The van der Waals surface area contributed by atoms with E-state index in [4.69, 9.17) is 9.15 Å².